The summed E-state index contributed by atoms with van der Waals surface area (Å²) in [6.45, 7) is 3.17. The van der Waals surface area contributed by atoms with E-state index >= 15 is 0 Å². The van der Waals surface area contributed by atoms with E-state index in [1.807, 2.05) is 24.3 Å². The first kappa shape index (κ1) is 21.7. The van der Waals surface area contributed by atoms with Gasteiger partial charge in [-0.2, -0.15) is 0 Å². The lowest BCUT2D eigenvalue weighted by atomic mass is 9.87. The molecule has 1 aliphatic rings. The lowest BCUT2D eigenvalue weighted by Gasteiger charge is -2.39. The van der Waals surface area contributed by atoms with Crippen LogP contribution in [-0.4, -0.2) is 30.6 Å². The Labute approximate surface area is 184 Å². The molecule has 0 amide bonds. The Kier molecular flexibility index (Phi) is 8.00. The normalized spacial score (nSPS) is 19.3. The molecule has 0 aromatic heterocycles. The zero-order valence-corrected chi connectivity index (χ0v) is 18.0. The fourth-order valence-corrected chi connectivity index (χ4v) is 4.11. The summed E-state index contributed by atoms with van der Waals surface area (Å²) in [6.07, 6.45) is 2.29. The second-order valence-electron chi connectivity index (χ2n) is 7.45. The van der Waals surface area contributed by atoms with Crippen molar-refractivity contribution in [3.63, 3.8) is 0 Å². The van der Waals surface area contributed by atoms with Crippen molar-refractivity contribution in [2.45, 2.75) is 24.9 Å². The summed E-state index contributed by atoms with van der Waals surface area (Å²) in [6, 6.07) is 29.2. The zero-order valence-electron chi connectivity index (χ0n) is 16.4. The van der Waals surface area contributed by atoms with Crippen molar-refractivity contribution in [3.05, 3.63) is 101 Å². The molecule has 0 radical (unpaired) electrons. The van der Waals surface area contributed by atoms with Crippen LogP contribution in [0.25, 0.3) is 0 Å². The van der Waals surface area contributed by atoms with Crippen molar-refractivity contribution in [2.24, 2.45) is 0 Å². The molecule has 3 aromatic carbocycles. The first-order valence-electron chi connectivity index (χ1n) is 10.0. The fourth-order valence-electron chi connectivity index (χ4n) is 3.98. The highest BCUT2D eigenvalue weighted by Crippen LogP contribution is 2.31. The zero-order chi connectivity index (χ0) is 19.2. The summed E-state index contributed by atoms with van der Waals surface area (Å²) in [5, 5.41) is 0.739. The number of piperidine rings is 1. The summed E-state index contributed by atoms with van der Waals surface area (Å²) in [5.74, 6) is 1.26. The Hall–Kier alpha value is -2.00. The van der Waals surface area contributed by atoms with Crippen LogP contribution >= 0.6 is 24.0 Å². The van der Waals surface area contributed by atoms with Gasteiger partial charge in [-0.05, 0) is 48.2 Å². The van der Waals surface area contributed by atoms with Crippen LogP contribution in [0.1, 0.15) is 23.5 Å². The van der Waals surface area contributed by atoms with Gasteiger partial charge in [-0.3, -0.25) is 0 Å². The van der Waals surface area contributed by atoms with E-state index in [2.05, 4.69) is 65.6 Å². The monoisotopic (exact) mass is 427 g/mol. The van der Waals surface area contributed by atoms with Crippen LogP contribution in [0.15, 0.2) is 84.9 Å². The summed E-state index contributed by atoms with van der Waals surface area (Å²) in [4.78, 5) is 2.58. The maximum absolute atomic E-state index is 6.40. The van der Waals surface area contributed by atoms with Crippen molar-refractivity contribution >= 4 is 24.0 Å². The van der Waals surface area contributed by atoms with Gasteiger partial charge >= 0.3 is 0 Å². The molecule has 0 aliphatic carbocycles. The van der Waals surface area contributed by atoms with Crippen molar-refractivity contribution < 1.29 is 4.74 Å². The number of ether oxygens (including phenoxy) is 1. The average Bonchev–Trinajstić information content (AvgIpc) is 2.76. The van der Waals surface area contributed by atoms with Crippen molar-refractivity contribution in [1.82, 2.24) is 4.90 Å². The Morgan fingerprint density at radius 3 is 2.21 bits per heavy atom. The number of likely N-dealkylation sites (tertiary alicyclic amines) is 1. The molecule has 4 heteroatoms. The number of hydrogen-bond donors (Lipinski definition) is 0. The lowest BCUT2D eigenvalue weighted by Crippen LogP contribution is -2.44. The third-order valence-electron chi connectivity index (χ3n) is 5.52. The molecule has 3 aromatic rings. The maximum Gasteiger partial charge on any atom is 0.119 e. The molecule has 0 bridgehead atoms. The summed E-state index contributed by atoms with van der Waals surface area (Å²) in [5.41, 5.74) is 2.75. The Morgan fingerprint density at radius 2 is 1.52 bits per heavy atom. The van der Waals surface area contributed by atoms with Gasteiger partial charge in [0.1, 0.15) is 11.9 Å². The van der Waals surface area contributed by atoms with E-state index < -0.39 is 0 Å². The van der Waals surface area contributed by atoms with E-state index in [1.54, 1.807) is 0 Å². The molecular formula is C25H27Cl2NO. The molecule has 29 heavy (non-hydrogen) atoms. The van der Waals surface area contributed by atoms with Gasteiger partial charge in [0.25, 0.3) is 0 Å². The molecule has 0 N–H and O–H groups in total. The number of rotatable bonds is 6. The molecule has 2 atom stereocenters. The van der Waals surface area contributed by atoms with Gasteiger partial charge in [0.15, 0.2) is 0 Å². The molecule has 1 fully saturated rings. The number of benzene rings is 3. The van der Waals surface area contributed by atoms with Gasteiger partial charge in [0.05, 0.1) is 0 Å². The highest BCUT2D eigenvalue weighted by Gasteiger charge is 2.31. The van der Waals surface area contributed by atoms with E-state index in [4.69, 9.17) is 16.3 Å². The molecule has 1 saturated heterocycles. The molecule has 0 unspecified atom stereocenters. The molecule has 0 saturated carbocycles. The second kappa shape index (κ2) is 10.7. The van der Waals surface area contributed by atoms with Crippen molar-refractivity contribution in [1.29, 1.82) is 0 Å². The Balaban J connectivity index is 0.00000240. The van der Waals surface area contributed by atoms with E-state index in [0.717, 1.165) is 43.2 Å². The lowest BCUT2D eigenvalue weighted by molar-refractivity contribution is 0.0783. The van der Waals surface area contributed by atoms with Crippen LogP contribution in [0.4, 0.5) is 0 Å². The van der Waals surface area contributed by atoms with E-state index in [9.17, 15) is 0 Å². The molecule has 4 rings (SSSR count). The van der Waals surface area contributed by atoms with Gasteiger partial charge < -0.3 is 9.64 Å². The third-order valence-corrected chi connectivity index (χ3v) is 5.77. The molecule has 1 heterocycles. The number of halogens is 2. The van der Waals surface area contributed by atoms with Crippen molar-refractivity contribution in [2.75, 3.05) is 19.6 Å². The largest absolute Gasteiger partial charge is 0.490 e. The van der Waals surface area contributed by atoms with Gasteiger partial charge in [-0.25, -0.2) is 0 Å². The summed E-state index contributed by atoms with van der Waals surface area (Å²) in [7, 11) is 0. The molecule has 2 nitrogen and oxygen atoms in total. The van der Waals surface area contributed by atoms with Gasteiger partial charge in [0, 0.05) is 30.6 Å². The first-order valence-corrected chi connectivity index (χ1v) is 10.4. The molecule has 0 spiro atoms. The quantitative estimate of drug-likeness (QED) is 0.461. The highest BCUT2D eigenvalue weighted by atomic mass is 35.5. The topological polar surface area (TPSA) is 12.5 Å². The smallest absolute Gasteiger partial charge is 0.119 e. The predicted molar refractivity (Wildman–Crippen MR) is 124 cm³/mol. The van der Waals surface area contributed by atoms with E-state index in [0.29, 0.717) is 5.92 Å². The van der Waals surface area contributed by atoms with Crippen LogP contribution in [0.2, 0.25) is 5.02 Å². The van der Waals surface area contributed by atoms with Crippen LogP contribution in [0.3, 0.4) is 0 Å². The predicted octanol–water partition coefficient (Wildman–Crippen LogP) is 6.24. The SMILES string of the molecule is Cl.Clc1ccc(O[C@@H]2CCN(CCc3ccccc3)C[C@H]2c2ccccc2)cc1. The minimum atomic E-state index is 0. The van der Waals surface area contributed by atoms with Crippen LogP contribution < -0.4 is 4.74 Å². The van der Waals surface area contributed by atoms with Crippen LogP contribution in [0.5, 0.6) is 5.75 Å². The van der Waals surface area contributed by atoms with Crippen LogP contribution in [-0.2, 0) is 6.42 Å². The van der Waals surface area contributed by atoms with E-state index in [1.165, 1.54) is 11.1 Å². The minimum Gasteiger partial charge on any atom is -0.490 e. The van der Waals surface area contributed by atoms with Gasteiger partial charge in [0.2, 0.25) is 0 Å². The maximum atomic E-state index is 6.40. The summed E-state index contributed by atoms with van der Waals surface area (Å²) >= 11 is 6.02. The fraction of sp³-hybridized carbons (Fsp3) is 0.280. The molecular weight excluding hydrogens is 401 g/mol. The van der Waals surface area contributed by atoms with Crippen molar-refractivity contribution in [3.8, 4) is 5.75 Å². The highest BCUT2D eigenvalue weighted by molar-refractivity contribution is 6.30. The minimum absolute atomic E-state index is 0. The van der Waals surface area contributed by atoms with Crippen LogP contribution in [0, 0.1) is 0 Å². The second-order valence-corrected chi connectivity index (χ2v) is 7.89. The average molecular weight is 428 g/mol. The Morgan fingerprint density at radius 1 is 0.862 bits per heavy atom. The molecule has 1 aliphatic heterocycles. The molecule has 152 valence electrons. The van der Waals surface area contributed by atoms with E-state index in [-0.39, 0.29) is 18.5 Å². The third kappa shape index (κ3) is 5.99. The first-order chi connectivity index (χ1) is 13.8. The van der Waals surface area contributed by atoms with Gasteiger partial charge in [-0.15, -0.1) is 12.4 Å². The number of hydrogen-bond acceptors (Lipinski definition) is 2. The summed E-state index contributed by atoms with van der Waals surface area (Å²) < 4.78 is 6.40. The Bertz CT molecular complexity index is 855. The number of nitrogens with zero attached hydrogens (tertiary/aromatic N) is 1. The standard InChI is InChI=1S/C25H26ClNO.ClH/c26-22-11-13-23(14-12-22)28-25-16-18-27(17-15-20-7-3-1-4-8-20)19-24(25)21-9-5-2-6-10-21;/h1-14,24-25H,15-19H2;1H/t24-,25+;/m0./s1. The van der Waals surface area contributed by atoms with Gasteiger partial charge in [-0.1, -0.05) is 72.3 Å².